The number of rotatable bonds is 3. The normalized spacial score (nSPS) is 10.1. The molecule has 22 heavy (non-hydrogen) atoms. The highest BCUT2D eigenvalue weighted by molar-refractivity contribution is 6.44. The van der Waals surface area contributed by atoms with Crippen LogP contribution in [0.15, 0.2) is 48.5 Å². The first-order valence-corrected chi connectivity index (χ1v) is 6.96. The highest BCUT2D eigenvalue weighted by Crippen LogP contribution is 2.17. The van der Waals surface area contributed by atoms with Crippen LogP contribution in [0.25, 0.3) is 0 Å². The molecule has 5 heteroatoms. The Labute approximate surface area is 128 Å². The van der Waals surface area contributed by atoms with Crippen LogP contribution in [0.2, 0.25) is 0 Å². The highest BCUT2D eigenvalue weighted by atomic mass is 19.1. The van der Waals surface area contributed by atoms with Gasteiger partial charge >= 0.3 is 11.8 Å². The number of anilines is 2. The fourth-order valence-electron chi connectivity index (χ4n) is 2.11. The van der Waals surface area contributed by atoms with Gasteiger partial charge in [-0.3, -0.25) is 9.59 Å². The summed E-state index contributed by atoms with van der Waals surface area (Å²) in [4.78, 5) is 25.7. The number of benzene rings is 2. The summed E-state index contributed by atoms with van der Waals surface area (Å²) >= 11 is 0. The molecule has 0 fully saturated rings. The standard InChI is InChI=1S/C17H17FN2O2/c1-3-20(15-9-4-6-12(2)10-15)17(22)16(21)19-14-8-5-7-13(18)11-14/h4-11H,3H2,1-2H3,(H,19,21). The summed E-state index contributed by atoms with van der Waals surface area (Å²) in [5.41, 5.74) is 1.90. The molecule has 1 N–H and O–H groups in total. The van der Waals surface area contributed by atoms with Gasteiger partial charge in [-0.15, -0.1) is 0 Å². The number of likely N-dealkylation sites (N-methyl/N-ethyl adjacent to an activating group) is 1. The summed E-state index contributed by atoms with van der Waals surface area (Å²) in [5, 5.41) is 2.41. The van der Waals surface area contributed by atoms with Crippen LogP contribution < -0.4 is 10.2 Å². The molecular weight excluding hydrogens is 283 g/mol. The van der Waals surface area contributed by atoms with E-state index in [9.17, 15) is 14.0 Å². The average Bonchev–Trinajstić information content (AvgIpc) is 2.48. The summed E-state index contributed by atoms with van der Waals surface area (Å²) in [6, 6.07) is 12.8. The van der Waals surface area contributed by atoms with Crippen molar-refractivity contribution in [1.29, 1.82) is 0 Å². The Bertz CT molecular complexity index is 701. The Balaban J connectivity index is 2.16. The van der Waals surface area contributed by atoms with Crippen molar-refractivity contribution < 1.29 is 14.0 Å². The van der Waals surface area contributed by atoms with Gasteiger partial charge in [0.25, 0.3) is 0 Å². The van der Waals surface area contributed by atoms with Crippen molar-refractivity contribution in [1.82, 2.24) is 0 Å². The van der Waals surface area contributed by atoms with Gasteiger partial charge in [0, 0.05) is 17.9 Å². The van der Waals surface area contributed by atoms with Crippen molar-refractivity contribution >= 4 is 23.2 Å². The third-order valence-corrected chi connectivity index (χ3v) is 3.15. The van der Waals surface area contributed by atoms with Gasteiger partial charge < -0.3 is 10.2 Å². The Hall–Kier alpha value is -2.69. The number of hydrogen-bond acceptors (Lipinski definition) is 2. The first-order valence-electron chi connectivity index (χ1n) is 6.96. The number of nitrogens with zero attached hydrogens (tertiary/aromatic N) is 1. The number of carbonyl (C=O) groups is 2. The lowest BCUT2D eigenvalue weighted by Crippen LogP contribution is -2.39. The molecule has 0 aliphatic carbocycles. The third-order valence-electron chi connectivity index (χ3n) is 3.15. The van der Waals surface area contributed by atoms with E-state index in [1.807, 2.05) is 25.1 Å². The predicted molar refractivity (Wildman–Crippen MR) is 84.2 cm³/mol. The van der Waals surface area contributed by atoms with Crippen molar-refractivity contribution in [3.05, 3.63) is 59.9 Å². The minimum atomic E-state index is -0.797. The third kappa shape index (κ3) is 3.69. The van der Waals surface area contributed by atoms with Gasteiger partial charge in [0.15, 0.2) is 0 Å². The summed E-state index contributed by atoms with van der Waals surface area (Å²) in [6.07, 6.45) is 0. The maximum atomic E-state index is 13.1. The summed E-state index contributed by atoms with van der Waals surface area (Å²) < 4.78 is 13.1. The maximum absolute atomic E-state index is 13.1. The topological polar surface area (TPSA) is 49.4 Å². The Morgan fingerprint density at radius 2 is 1.86 bits per heavy atom. The van der Waals surface area contributed by atoms with Gasteiger partial charge in [-0.1, -0.05) is 18.2 Å². The van der Waals surface area contributed by atoms with Crippen molar-refractivity contribution in [3.63, 3.8) is 0 Å². The Morgan fingerprint density at radius 3 is 2.50 bits per heavy atom. The predicted octanol–water partition coefficient (Wildman–Crippen LogP) is 3.13. The largest absolute Gasteiger partial charge is 0.318 e. The van der Waals surface area contributed by atoms with Gasteiger partial charge in [0.2, 0.25) is 0 Å². The zero-order valence-corrected chi connectivity index (χ0v) is 12.5. The minimum Gasteiger partial charge on any atom is -0.318 e. The summed E-state index contributed by atoms with van der Waals surface area (Å²) in [7, 11) is 0. The van der Waals surface area contributed by atoms with Crippen LogP contribution in [-0.4, -0.2) is 18.4 Å². The molecule has 0 bridgehead atoms. The van der Waals surface area contributed by atoms with Gasteiger partial charge in [-0.05, 0) is 49.7 Å². The van der Waals surface area contributed by atoms with E-state index in [1.165, 1.54) is 23.1 Å². The number of nitrogens with one attached hydrogen (secondary N) is 1. The lowest BCUT2D eigenvalue weighted by atomic mass is 10.2. The van der Waals surface area contributed by atoms with Crippen molar-refractivity contribution in [3.8, 4) is 0 Å². The molecule has 0 spiro atoms. The second-order valence-corrected chi connectivity index (χ2v) is 4.85. The molecule has 0 heterocycles. The number of carbonyl (C=O) groups excluding carboxylic acids is 2. The second-order valence-electron chi connectivity index (χ2n) is 4.85. The number of aryl methyl sites for hydroxylation is 1. The van der Waals surface area contributed by atoms with E-state index in [0.29, 0.717) is 12.2 Å². The van der Waals surface area contributed by atoms with E-state index in [1.54, 1.807) is 13.0 Å². The van der Waals surface area contributed by atoms with E-state index >= 15 is 0 Å². The lowest BCUT2D eigenvalue weighted by molar-refractivity contribution is -0.134. The maximum Gasteiger partial charge on any atom is 0.316 e. The van der Waals surface area contributed by atoms with Gasteiger partial charge in [-0.2, -0.15) is 0 Å². The molecule has 4 nitrogen and oxygen atoms in total. The molecule has 0 aliphatic rings. The molecule has 2 amide bonds. The molecule has 114 valence electrons. The van der Waals surface area contributed by atoms with Crippen LogP contribution in [-0.2, 0) is 9.59 Å². The first kappa shape index (κ1) is 15.7. The quantitative estimate of drug-likeness (QED) is 0.885. The zero-order chi connectivity index (χ0) is 16.1. The first-order chi connectivity index (χ1) is 10.5. The molecule has 0 saturated carbocycles. The molecule has 0 atom stereocenters. The molecule has 0 aliphatic heterocycles. The van der Waals surface area contributed by atoms with Crippen LogP contribution in [0.3, 0.4) is 0 Å². The van der Waals surface area contributed by atoms with E-state index in [-0.39, 0.29) is 5.69 Å². The SMILES string of the molecule is CCN(C(=O)C(=O)Nc1cccc(F)c1)c1cccc(C)c1. The number of amides is 2. The highest BCUT2D eigenvalue weighted by Gasteiger charge is 2.22. The second kappa shape index (κ2) is 6.85. The molecule has 0 aromatic heterocycles. The van der Waals surface area contributed by atoms with Crippen LogP contribution in [0.5, 0.6) is 0 Å². The fourth-order valence-corrected chi connectivity index (χ4v) is 2.11. The number of halogens is 1. The van der Waals surface area contributed by atoms with E-state index in [0.717, 1.165) is 11.6 Å². The van der Waals surface area contributed by atoms with Crippen LogP contribution in [0, 0.1) is 12.7 Å². The molecule has 0 unspecified atom stereocenters. The summed E-state index contributed by atoms with van der Waals surface area (Å²) in [6.45, 7) is 4.06. The molecule has 0 radical (unpaired) electrons. The van der Waals surface area contributed by atoms with Crippen LogP contribution >= 0.6 is 0 Å². The molecule has 2 aromatic rings. The van der Waals surface area contributed by atoms with Crippen LogP contribution in [0.4, 0.5) is 15.8 Å². The van der Waals surface area contributed by atoms with Crippen molar-refractivity contribution in [2.75, 3.05) is 16.8 Å². The molecule has 2 aromatic carbocycles. The molecule has 0 saturated heterocycles. The minimum absolute atomic E-state index is 0.249. The van der Waals surface area contributed by atoms with Gasteiger partial charge in [-0.25, -0.2) is 4.39 Å². The average molecular weight is 300 g/mol. The fraction of sp³-hybridized carbons (Fsp3) is 0.176. The van der Waals surface area contributed by atoms with Crippen molar-refractivity contribution in [2.45, 2.75) is 13.8 Å². The summed E-state index contributed by atoms with van der Waals surface area (Å²) in [5.74, 6) is -1.96. The Kier molecular flexibility index (Phi) is 4.88. The molecular formula is C17H17FN2O2. The van der Waals surface area contributed by atoms with Gasteiger partial charge in [0.05, 0.1) is 0 Å². The van der Waals surface area contributed by atoms with Crippen LogP contribution in [0.1, 0.15) is 12.5 Å². The van der Waals surface area contributed by atoms with Crippen molar-refractivity contribution in [2.24, 2.45) is 0 Å². The monoisotopic (exact) mass is 300 g/mol. The molecule has 2 rings (SSSR count). The van der Waals surface area contributed by atoms with E-state index in [2.05, 4.69) is 5.32 Å². The Morgan fingerprint density at radius 1 is 1.14 bits per heavy atom. The van der Waals surface area contributed by atoms with E-state index in [4.69, 9.17) is 0 Å². The van der Waals surface area contributed by atoms with Gasteiger partial charge in [0.1, 0.15) is 5.82 Å². The number of hydrogen-bond donors (Lipinski definition) is 1. The zero-order valence-electron chi connectivity index (χ0n) is 12.5. The lowest BCUT2D eigenvalue weighted by Gasteiger charge is -2.20. The van der Waals surface area contributed by atoms with E-state index < -0.39 is 17.6 Å². The smallest absolute Gasteiger partial charge is 0.316 e.